The molecule has 3 N–H and O–H groups in total. The number of ether oxygens (including phenoxy) is 2. The van der Waals surface area contributed by atoms with Gasteiger partial charge in [-0.1, -0.05) is 0 Å². The standard InChI is InChI=1S/C25H29F3N4O4S/c1-14(16-7-17(25(26,27)28)9-18(29)8-16)30-23-19-10-22(21(35-3)11-20(19)31-15(2)32-23)36-12-24(5-6-24)13-37(4,33)34/h7-11,14H,5-6,12-13,29H2,1-4H3,(H,30,31,32)/t14-/m1/s1. The van der Waals surface area contributed by atoms with Gasteiger partial charge in [0, 0.05) is 28.8 Å². The van der Waals surface area contributed by atoms with E-state index in [4.69, 9.17) is 15.2 Å². The van der Waals surface area contributed by atoms with Gasteiger partial charge in [-0.05, 0) is 56.5 Å². The summed E-state index contributed by atoms with van der Waals surface area (Å²) in [5.74, 6) is 1.71. The first-order valence-corrected chi connectivity index (χ1v) is 13.7. The van der Waals surface area contributed by atoms with Crippen LogP contribution in [0, 0.1) is 12.3 Å². The van der Waals surface area contributed by atoms with E-state index in [0.717, 1.165) is 25.0 Å². The predicted molar refractivity (Wildman–Crippen MR) is 136 cm³/mol. The summed E-state index contributed by atoms with van der Waals surface area (Å²) in [5.41, 5.74) is 5.39. The molecule has 0 amide bonds. The second-order valence-electron chi connectivity index (χ2n) is 9.75. The Morgan fingerprint density at radius 1 is 1.14 bits per heavy atom. The number of hydrogen-bond acceptors (Lipinski definition) is 8. The monoisotopic (exact) mass is 538 g/mol. The first-order valence-electron chi connectivity index (χ1n) is 11.6. The van der Waals surface area contributed by atoms with E-state index in [1.54, 1.807) is 26.0 Å². The molecule has 1 aliphatic carbocycles. The Kier molecular flexibility index (Phi) is 6.91. The van der Waals surface area contributed by atoms with Crippen molar-refractivity contribution >= 4 is 32.2 Å². The molecule has 1 aromatic heterocycles. The largest absolute Gasteiger partial charge is 0.493 e. The van der Waals surface area contributed by atoms with Crippen LogP contribution < -0.4 is 20.5 Å². The minimum absolute atomic E-state index is 0.00530. The average Bonchev–Trinajstić information content (AvgIpc) is 3.53. The van der Waals surface area contributed by atoms with Crippen LogP contribution in [0.15, 0.2) is 30.3 Å². The number of sulfone groups is 1. The summed E-state index contributed by atoms with van der Waals surface area (Å²) >= 11 is 0. The summed E-state index contributed by atoms with van der Waals surface area (Å²) in [6.07, 6.45) is -1.81. The summed E-state index contributed by atoms with van der Waals surface area (Å²) in [5, 5.41) is 3.75. The first kappa shape index (κ1) is 26.8. The number of rotatable bonds is 9. The van der Waals surface area contributed by atoms with Crippen LogP contribution in [-0.2, 0) is 16.0 Å². The van der Waals surface area contributed by atoms with Crippen molar-refractivity contribution < 1.29 is 31.1 Å². The van der Waals surface area contributed by atoms with E-state index in [2.05, 4.69) is 15.3 Å². The lowest BCUT2D eigenvalue weighted by atomic mass is 10.0. The molecule has 0 unspecified atom stereocenters. The van der Waals surface area contributed by atoms with Gasteiger partial charge < -0.3 is 20.5 Å². The van der Waals surface area contributed by atoms with Crippen LogP contribution in [0.1, 0.15) is 42.8 Å². The molecule has 0 radical (unpaired) electrons. The first-order chi connectivity index (χ1) is 17.2. The van der Waals surface area contributed by atoms with Crippen LogP contribution in [0.3, 0.4) is 0 Å². The van der Waals surface area contributed by atoms with Crippen molar-refractivity contribution in [2.45, 2.75) is 38.9 Å². The van der Waals surface area contributed by atoms with Crippen molar-refractivity contribution in [1.82, 2.24) is 9.97 Å². The molecular weight excluding hydrogens is 509 g/mol. The van der Waals surface area contributed by atoms with Gasteiger partial charge in [0.1, 0.15) is 21.5 Å². The van der Waals surface area contributed by atoms with Crippen molar-refractivity contribution in [3.8, 4) is 11.5 Å². The van der Waals surface area contributed by atoms with E-state index < -0.39 is 33.0 Å². The third-order valence-electron chi connectivity index (χ3n) is 6.31. The van der Waals surface area contributed by atoms with E-state index in [1.807, 2.05) is 0 Å². The van der Waals surface area contributed by atoms with Crippen molar-refractivity contribution in [3.05, 3.63) is 47.3 Å². The zero-order valence-corrected chi connectivity index (χ0v) is 21.8. The number of aryl methyl sites for hydroxylation is 1. The number of hydrogen-bond donors (Lipinski definition) is 2. The Morgan fingerprint density at radius 2 is 1.84 bits per heavy atom. The molecule has 0 bridgehead atoms. The molecule has 1 atom stereocenters. The van der Waals surface area contributed by atoms with E-state index in [1.165, 1.54) is 19.4 Å². The number of methoxy groups -OCH3 is 1. The molecule has 1 heterocycles. The lowest BCUT2D eigenvalue weighted by molar-refractivity contribution is -0.137. The third-order valence-corrected chi connectivity index (χ3v) is 7.45. The van der Waals surface area contributed by atoms with Crippen LogP contribution >= 0.6 is 0 Å². The van der Waals surface area contributed by atoms with Gasteiger partial charge in [-0.3, -0.25) is 0 Å². The predicted octanol–water partition coefficient (Wildman–Crippen LogP) is 4.92. The van der Waals surface area contributed by atoms with Gasteiger partial charge in [0.25, 0.3) is 0 Å². The van der Waals surface area contributed by atoms with Gasteiger partial charge in [0.05, 0.1) is 36.6 Å². The lowest BCUT2D eigenvalue weighted by Crippen LogP contribution is -2.23. The van der Waals surface area contributed by atoms with Crippen molar-refractivity contribution in [2.24, 2.45) is 5.41 Å². The number of anilines is 2. The highest BCUT2D eigenvalue weighted by Crippen LogP contribution is 2.48. The van der Waals surface area contributed by atoms with Crippen LogP contribution in [0.25, 0.3) is 10.9 Å². The van der Waals surface area contributed by atoms with Crippen LogP contribution in [0.5, 0.6) is 11.5 Å². The number of nitrogens with zero attached hydrogens (tertiary/aromatic N) is 2. The molecule has 3 aromatic rings. The number of fused-ring (bicyclic) bond motifs is 1. The van der Waals surface area contributed by atoms with E-state index in [0.29, 0.717) is 39.6 Å². The zero-order chi connectivity index (χ0) is 27.2. The normalized spacial score (nSPS) is 15.9. The Morgan fingerprint density at radius 3 is 2.43 bits per heavy atom. The molecule has 1 aliphatic rings. The molecule has 1 saturated carbocycles. The lowest BCUT2D eigenvalue weighted by Gasteiger charge is -2.20. The molecule has 4 rings (SSSR count). The topological polar surface area (TPSA) is 116 Å². The Balaban J connectivity index is 1.67. The highest BCUT2D eigenvalue weighted by Gasteiger charge is 2.46. The van der Waals surface area contributed by atoms with Crippen molar-refractivity contribution in [1.29, 1.82) is 0 Å². The molecule has 12 heteroatoms. The summed E-state index contributed by atoms with van der Waals surface area (Å²) in [7, 11) is -1.67. The van der Waals surface area contributed by atoms with E-state index >= 15 is 0 Å². The Hall–Kier alpha value is -3.28. The second-order valence-corrected chi connectivity index (χ2v) is 11.9. The maximum Gasteiger partial charge on any atom is 0.416 e. The summed E-state index contributed by atoms with van der Waals surface area (Å²) in [6, 6.07) is 6.24. The average molecular weight is 539 g/mol. The zero-order valence-electron chi connectivity index (χ0n) is 20.9. The minimum Gasteiger partial charge on any atom is -0.493 e. The quantitative estimate of drug-likeness (QED) is 0.369. The van der Waals surface area contributed by atoms with Gasteiger partial charge >= 0.3 is 6.18 Å². The number of alkyl halides is 3. The van der Waals surface area contributed by atoms with Gasteiger partial charge in [-0.25, -0.2) is 18.4 Å². The fraction of sp³-hybridized carbons (Fsp3) is 0.440. The number of aromatic nitrogens is 2. The molecule has 1 fully saturated rings. The molecule has 200 valence electrons. The van der Waals surface area contributed by atoms with Crippen molar-refractivity contribution in [2.75, 3.05) is 36.8 Å². The fourth-order valence-electron chi connectivity index (χ4n) is 4.31. The fourth-order valence-corrected chi connectivity index (χ4v) is 5.79. The van der Waals surface area contributed by atoms with E-state index in [9.17, 15) is 21.6 Å². The number of nitrogen functional groups attached to an aromatic ring is 1. The SMILES string of the molecule is COc1cc2nc(C)nc(N[C@H](C)c3cc(N)cc(C(F)(F)F)c3)c2cc1OCC1(CS(C)(=O)=O)CC1. The molecular formula is C25H29F3N4O4S. The van der Waals surface area contributed by atoms with Crippen molar-refractivity contribution in [3.63, 3.8) is 0 Å². The molecule has 8 nitrogen and oxygen atoms in total. The van der Waals surface area contributed by atoms with Gasteiger partial charge in [-0.15, -0.1) is 0 Å². The highest BCUT2D eigenvalue weighted by atomic mass is 32.2. The van der Waals surface area contributed by atoms with Gasteiger partial charge in [0.15, 0.2) is 11.5 Å². The minimum atomic E-state index is -4.53. The number of benzene rings is 2. The smallest absolute Gasteiger partial charge is 0.416 e. The number of nitrogens with one attached hydrogen (secondary N) is 1. The van der Waals surface area contributed by atoms with Crippen LogP contribution in [0.2, 0.25) is 0 Å². The van der Waals surface area contributed by atoms with E-state index in [-0.39, 0.29) is 18.0 Å². The molecule has 37 heavy (non-hydrogen) atoms. The molecule has 0 aliphatic heterocycles. The molecule has 0 spiro atoms. The van der Waals surface area contributed by atoms with Gasteiger partial charge in [-0.2, -0.15) is 13.2 Å². The number of nitrogens with two attached hydrogens (primary N) is 1. The summed E-state index contributed by atoms with van der Waals surface area (Å²) < 4.78 is 75.1. The Labute approximate surface area is 213 Å². The third kappa shape index (κ3) is 6.35. The van der Waals surface area contributed by atoms with Crippen LogP contribution in [-0.4, -0.2) is 44.1 Å². The molecule has 0 saturated heterocycles. The second kappa shape index (κ2) is 9.55. The molecule has 2 aromatic carbocycles. The maximum atomic E-state index is 13.3. The number of halogens is 3. The summed E-state index contributed by atoms with van der Waals surface area (Å²) in [6.45, 7) is 3.62. The van der Waals surface area contributed by atoms with Crippen LogP contribution in [0.4, 0.5) is 24.7 Å². The highest BCUT2D eigenvalue weighted by molar-refractivity contribution is 7.90. The van der Waals surface area contributed by atoms with Gasteiger partial charge in [0.2, 0.25) is 0 Å². The Bertz CT molecular complexity index is 1440. The maximum absolute atomic E-state index is 13.3. The summed E-state index contributed by atoms with van der Waals surface area (Å²) in [4.78, 5) is 8.94.